The maximum atomic E-state index is 15.0. The van der Waals surface area contributed by atoms with E-state index in [0.29, 0.717) is 36.5 Å². The second kappa shape index (κ2) is 8.97. The van der Waals surface area contributed by atoms with Crippen molar-refractivity contribution in [2.45, 2.75) is 19.1 Å². The lowest BCUT2D eigenvalue weighted by Crippen LogP contribution is -2.47. The maximum Gasteiger partial charge on any atom is 0.272 e. The predicted molar refractivity (Wildman–Crippen MR) is 141 cm³/mol. The molecule has 0 radical (unpaired) electrons. The number of para-hydroxylation sites is 2. The van der Waals surface area contributed by atoms with Gasteiger partial charge in [0.15, 0.2) is 0 Å². The lowest BCUT2D eigenvalue weighted by atomic mass is 9.98. The minimum absolute atomic E-state index is 0.288. The molecule has 8 heteroatoms. The third-order valence-corrected chi connectivity index (χ3v) is 6.92. The van der Waals surface area contributed by atoms with Crippen molar-refractivity contribution in [3.05, 3.63) is 100 Å². The van der Waals surface area contributed by atoms with Gasteiger partial charge in [0.2, 0.25) is 6.17 Å². The zero-order chi connectivity index (χ0) is 25.7. The maximum absolute atomic E-state index is 15.0. The highest BCUT2D eigenvalue weighted by Gasteiger charge is 2.38. The van der Waals surface area contributed by atoms with Crippen molar-refractivity contribution < 1.29 is 14.0 Å². The molecule has 1 atom stereocenters. The molecule has 2 amide bonds. The molecule has 1 aromatic heterocycles. The largest absolute Gasteiger partial charge is 0.350 e. The number of benzene rings is 3. The van der Waals surface area contributed by atoms with Crippen LogP contribution in [0.2, 0.25) is 0 Å². The quantitative estimate of drug-likeness (QED) is 0.441. The molecular formula is C29H26FN5O2. The van der Waals surface area contributed by atoms with E-state index in [1.807, 2.05) is 61.5 Å². The van der Waals surface area contributed by atoms with Crippen LogP contribution in [-0.2, 0) is 17.8 Å². The van der Waals surface area contributed by atoms with Crippen LogP contribution in [0, 0.1) is 5.82 Å². The summed E-state index contributed by atoms with van der Waals surface area (Å²) < 4.78 is 15.0. The smallest absolute Gasteiger partial charge is 0.272 e. The summed E-state index contributed by atoms with van der Waals surface area (Å²) in [6, 6.07) is 19.8. The molecule has 4 aromatic rings. The molecule has 37 heavy (non-hydrogen) atoms. The van der Waals surface area contributed by atoms with Gasteiger partial charge >= 0.3 is 0 Å². The first-order valence-electron chi connectivity index (χ1n) is 12.2. The number of nitrogens with zero attached hydrogens (tertiary/aromatic N) is 3. The Hall–Kier alpha value is -4.30. The van der Waals surface area contributed by atoms with E-state index < -0.39 is 17.9 Å². The molecule has 6 rings (SSSR count). The molecule has 1 unspecified atom stereocenters. The first-order valence-corrected chi connectivity index (χ1v) is 12.2. The summed E-state index contributed by atoms with van der Waals surface area (Å²) in [5, 5.41) is 3.80. The zero-order valence-electron chi connectivity index (χ0n) is 20.6. The number of aromatic nitrogens is 1. The number of anilines is 1. The number of amides is 2. The Balaban J connectivity index is 1.45. The highest BCUT2D eigenvalue weighted by Crippen LogP contribution is 2.36. The first-order chi connectivity index (χ1) is 17.9. The van der Waals surface area contributed by atoms with Gasteiger partial charge in [-0.1, -0.05) is 48.5 Å². The molecule has 2 aliphatic heterocycles. The van der Waals surface area contributed by atoms with Crippen LogP contribution in [0.1, 0.15) is 32.7 Å². The van der Waals surface area contributed by atoms with E-state index >= 15 is 0 Å². The van der Waals surface area contributed by atoms with Crippen molar-refractivity contribution in [2.75, 3.05) is 25.5 Å². The lowest BCUT2D eigenvalue weighted by molar-refractivity contribution is -0.120. The van der Waals surface area contributed by atoms with Crippen LogP contribution in [0.25, 0.3) is 10.9 Å². The number of halogens is 1. The number of nitrogens with one attached hydrogen (secondary N) is 2. The van der Waals surface area contributed by atoms with E-state index in [2.05, 4.69) is 10.3 Å². The third kappa shape index (κ3) is 3.90. The van der Waals surface area contributed by atoms with Crippen LogP contribution in [0.15, 0.2) is 71.7 Å². The van der Waals surface area contributed by atoms with Crippen molar-refractivity contribution >= 4 is 34.1 Å². The summed E-state index contributed by atoms with van der Waals surface area (Å²) in [6.07, 6.45) is -0.520. The van der Waals surface area contributed by atoms with E-state index in [1.165, 1.54) is 6.07 Å². The molecular weight excluding hydrogens is 469 g/mol. The molecule has 3 aromatic carbocycles. The third-order valence-electron chi connectivity index (χ3n) is 6.92. The highest BCUT2D eigenvalue weighted by molar-refractivity contribution is 6.21. The van der Waals surface area contributed by atoms with Crippen LogP contribution >= 0.6 is 0 Å². The summed E-state index contributed by atoms with van der Waals surface area (Å²) in [5.41, 5.74) is 5.13. The molecule has 0 bridgehead atoms. The average Bonchev–Trinajstić information content (AvgIpc) is 3.45. The second-order valence-electron chi connectivity index (χ2n) is 9.65. The Labute approximate surface area is 213 Å². The minimum Gasteiger partial charge on any atom is -0.350 e. The molecule has 0 saturated carbocycles. The van der Waals surface area contributed by atoms with Gasteiger partial charge < -0.3 is 20.1 Å². The number of hydrogen-bond donors (Lipinski definition) is 2. The highest BCUT2D eigenvalue weighted by atomic mass is 19.1. The monoisotopic (exact) mass is 495 g/mol. The van der Waals surface area contributed by atoms with Gasteiger partial charge in [0.05, 0.1) is 11.4 Å². The summed E-state index contributed by atoms with van der Waals surface area (Å²) in [6.45, 7) is 1.02. The van der Waals surface area contributed by atoms with Crippen LogP contribution < -0.4 is 10.2 Å². The summed E-state index contributed by atoms with van der Waals surface area (Å²) in [4.78, 5) is 39.0. The van der Waals surface area contributed by atoms with Gasteiger partial charge in [0.25, 0.3) is 11.8 Å². The van der Waals surface area contributed by atoms with Gasteiger partial charge in [-0.25, -0.2) is 9.38 Å². The van der Waals surface area contributed by atoms with Crippen LogP contribution in [-0.4, -0.2) is 54.2 Å². The van der Waals surface area contributed by atoms with Crippen molar-refractivity contribution in [2.24, 2.45) is 4.99 Å². The van der Waals surface area contributed by atoms with E-state index in [4.69, 9.17) is 4.99 Å². The Morgan fingerprint density at radius 3 is 2.65 bits per heavy atom. The van der Waals surface area contributed by atoms with Crippen LogP contribution in [0.4, 0.5) is 10.1 Å². The molecule has 2 aliphatic rings. The Bertz CT molecular complexity index is 1590. The number of carbonyl (C=O) groups is 2. The molecule has 7 nitrogen and oxygen atoms in total. The van der Waals surface area contributed by atoms with Crippen molar-refractivity contribution in [3.8, 4) is 0 Å². The zero-order valence-corrected chi connectivity index (χ0v) is 20.6. The van der Waals surface area contributed by atoms with Crippen molar-refractivity contribution in [1.82, 2.24) is 15.2 Å². The van der Waals surface area contributed by atoms with E-state index in [1.54, 1.807) is 23.1 Å². The second-order valence-corrected chi connectivity index (χ2v) is 9.65. The standard InChI is InChI=1S/C29H26FN5O2/c1-34(2)16-21-18-9-4-6-13-23(18)31-25(21)28(36)33-27-29(37)35-15-14-17-8-7-11-20(26(17)35)24(32-27)19-10-3-5-12-22(19)30/h3-13,27,31H,14-16H2,1-2H3,(H,33,36). The van der Waals surface area contributed by atoms with Gasteiger partial charge in [0, 0.05) is 40.7 Å². The van der Waals surface area contributed by atoms with Gasteiger partial charge in [-0.2, -0.15) is 0 Å². The van der Waals surface area contributed by atoms with E-state index in [0.717, 1.165) is 27.7 Å². The topological polar surface area (TPSA) is 80.8 Å². The molecule has 0 saturated heterocycles. The number of carbonyl (C=O) groups excluding carboxylic acids is 2. The van der Waals surface area contributed by atoms with E-state index in [-0.39, 0.29) is 11.5 Å². The number of aliphatic imine (C=N–C) groups is 1. The number of aromatic amines is 1. The SMILES string of the molecule is CN(C)Cc1c(C(=O)NC2N=C(c3ccccc3F)c3cccc4c3N(CC4)C2=O)[nH]c2ccccc12. The first kappa shape index (κ1) is 23.1. The average molecular weight is 496 g/mol. The van der Waals surface area contributed by atoms with Gasteiger partial charge in [-0.15, -0.1) is 0 Å². The molecule has 0 aliphatic carbocycles. The van der Waals surface area contributed by atoms with Crippen LogP contribution in [0.5, 0.6) is 0 Å². The fourth-order valence-corrected chi connectivity index (χ4v) is 5.30. The molecule has 0 spiro atoms. The molecule has 0 fully saturated rings. The van der Waals surface area contributed by atoms with Crippen LogP contribution in [0.3, 0.4) is 0 Å². The predicted octanol–water partition coefficient (Wildman–Crippen LogP) is 3.86. The normalized spacial score (nSPS) is 16.6. The number of fused-ring (bicyclic) bond motifs is 1. The Morgan fingerprint density at radius 1 is 1.08 bits per heavy atom. The summed E-state index contributed by atoms with van der Waals surface area (Å²) in [5.74, 6) is -1.21. The number of H-pyrrole nitrogens is 1. The molecule has 186 valence electrons. The fraction of sp³-hybridized carbons (Fsp3) is 0.207. The molecule has 3 heterocycles. The number of hydrogen-bond acceptors (Lipinski definition) is 4. The van der Waals surface area contributed by atoms with E-state index in [9.17, 15) is 14.0 Å². The Kier molecular flexibility index (Phi) is 5.61. The minimum atomic E-state index is -1.21. The van der Waals surface area contributed by atoms with Crippen molar-refractivity contribution in [1.29, 1.82) is 0 Å². The van der Waals surface area contributed by atoms with Gasteiger partial charge in [-0.3, -0.25) is 9.59 Å². The fourth-order valence-electron chi connectivity index (χ4n) is 5.30. The number of rotatable bonds is 5. The summed E-state index contributed by atoms with van der Waals surface area (Å²) >= 11 is 0. The molecule has 2 N–H and O–H groups in total. The van der Waals surface area contributed by atoms with Gasteiger partial charge in [-0.05, 0) is 44.3 Å². The summed E-state index contributed by atoms with van der Waals surface area (Å²) in [7, 11) is 3.87. The van der Waals surface area contributed by atoms with Crippen molar-refractivity contribution in [3.63, 3.8) is 0 Å². The lowest BCUT2D eigenvalue weighted by Gasteiger charge is -2.21. The Morgan fingerprint density at radius 2 is 1.84 bits per heavy atom. The van der Waals surface area contributed by atoms with Gasteiger partial charge in [0.1, 0.15) is 11.5 Å².